The third-order valence-corrected chi connectivity index (χ3v) is 3.50. The molecule has 0 aliphatic heterocycles. The van der Waals surface area contributed by atoms with E-state index < -0.39 is 0 Å². The van der Waals surface area contributed by atoms with Gasteiger partial charge in [-0.05, 0) is 23.0 Å². The average molecular weight is 276 g/mol. The largest absolute Gasteiger partial charge is 0.485 e. The molecule has 2 nitrogen and oxygen atoms in total. The first kappa shape index (κ1) is 16.7. The Kier molecular flexibility index (Phi) is 5.38. The van der Waals surface area contributed by atoms with Gasteiger partial charge in [-0.1, -0.05) is 66.7 Å². The van der Waals surface area contributed by atoms with Crippen LogP contribution in [0.2, 0.25) is 0 Å². The van der Waals surface area contributed by atoms with Crippen LogP contribution in [-0.2, 0) is 4.79 Å². The van der Waals surface area contributed by atoms with Crippen molar-refractivity contribution in [3.05, 3.63) is 29.3 Å². The SMILES string of the molecule is CC(C)c1cccc(C(C)C)c1OCC(=O)C(C)(C)C. The predicted octanol–water partition coefficient (Wildman–Crippen LogP) is 4.93. The van der Waals surface area contributed by atoms with Gasteiger partial charge in [-0.2, -0.15) is 0 Å². The summed E-state index contributed by atoms with van der Waals surface area (Å²) in [4.78, 5) is 12.1. The van der Waals surface area contributed by atoms with Crippen LogP contribution >= 0.6 is 0 Å². The van der Waals surface area contributed by atoms with Gasteiger partial charge in [-0.25, -0.2) is 0 Å². The molecule has 20 heavy (non-hydrogen) atoms. The number of carbonyl (C=O) groups excluding carboxylic acids is 1. The molecule has 1 rings (SSSR count). The first-order valence-electron chi connectivity index (χ1n) is 7.43. The van der Waals surface area contributed by atoms with Crippen molar-refractivity contribution in [2.45, 2.75) is 60.3 Å². The molecule has 112 valence electrons. The molecule has 0 N–H and O–H groups in total. The smallest absolute Gasteiger partial charge is 0.175 e. The van der Waals surface area contributed by atoms with E-state index >= 15 is 0 Å². The number of para-hydroxylation sites is 1. The summed E-state index contributed by atoms with van der Waals surface area (Å²) in [6, 6.07) is 6.25. The zero-order valence-corrected chi connectivity index (χ0v) is 13.9. The van der Waals surface area contributed by atoms with E-state index in [0.29, 0.717) is 11.8 Å². The van der Waals surface area contributed by atoms with Crippen LogP contribution in [0.15, 0.2) is 18.2 Å². The van der Waals surface area contributed by atoms with Crippen LogP contribution < -0.4 is 4.74 Å². The van der Waals surface area contributed by atoms with E-state index in [4.69, 9.17) is 4.74 Å². The molecule has 0 amide bonds. The second kappa shape index (κ2) is 6.43. The summed E-state index contributed by atoms with van der Waals surface area (Å²) < 4.78 is 5.93. The van der Waals surface area contributed by atoms with E-state index in [0.717, 1.165) is 5.75 Å². The second-order valence-electron chi connectivity index (χ2n) is 7.04. The second-order valence-corrected chi connectivity index (χ2v) is 7.04. The first-order chi connectivity index (χ1) is 9.14. The molecule has 0 unspecified atom stereocenters. The Balaban J connectivity index is 3.06. The van der Waals surface area contributed by atoms with Crippen LogP contribution in [0.5, 0.6) is 5.75 Å². The van der Waals surface area contributed by atoms with Gasteiger partial charge < -0.3 is 4.74 Å². The van der Waals surface area contributed by atoms with E-state index in [-0.39, 0.29) is 17.8 Å². The molecule has 1 aromatic carbocycles. The average Bonchev–Trinajstić information content (AvgIpc) is 2.33. The minimum atomic E-state index is -0.356. The number of rotatable bonds is 5. The summed E-state index contributed by atoms with van der Waals surface area (Å²) in [7, 11) is 0. The zero-order valence-electron chi connectivity index (χ0n) is 13.9. The fourth-order valence-electron chi connectivity index (χ4n) is 2.00. The minimum absolute atomic E-state index is 0.130. The van der Waals surface area contributed by atoms with E-state index in [1.54, 1.807) is 0 Å². The van der Waals surface area contributed by atoms with Crippen molar-refractivity contribution < 1.29 is 9.53 Å². The maximum absolute atomic E-state index is 12.1. The summed E-state index contributed by atoms with van der Waals surface area (Å²) in [5.41, 5.74) is 2.00. The highest BCUT2D eigenvalue weighted by atomic mass is 16.5. The number of ketones is 1. The molecule has 0 saturated heterocycles. The van der Waals surface area contributed by atoms with Gasteiger partial charge in [0.2, 0.25) is 0 Å². The Bertz CT molecular complexity index is 439. The van der Waals surface area contributed by atoms with Gasteiger partial charge in [0.05, 0.1) is 0 Å². The summed E-state index contributed by atoms with van der Waals surface area (Å²) in [6.45, 7) is 14.5. The van der Waals surface area contributed by atoms with Gasteiger partial charge in [0.25, 0.3) is 0 Å². The summed E-state index contributed by atoms with van der Waals surface area (Å²) >= 11 is 0. The highest BCUT2D eigenvalue weighted by Gasteiger charge is 2.23. The van der Waals surface area contributed by atoms with Crippen molar-refractivity contribution in [3.63, 3.8) is 0 Å². The monoisotopic (exact) mass is 276 g/mol. The van der Waals surface area contributed by atoms with Gasteiger partial charge in [-0.3, -0.25) is 4.79 Å². The molecular formula is C18H28O2. The van der Waals surface area contributed by atoms with Gasteiger partial charge in [-0.15, -0.1) is 0 Å². The Hall–Kier alpha value is -1.31. The molecule has 0 heterocycles. The maximum atomic E-state index is 12.1. The van der Waals surface area contributed by atoms with Crippen LogP contribution in [0.4, 0.5) is 0 Å². The number of hydrogen-bond donors (Lipinski definition) is 0. The van der Waals surface area contributed by atoms with Gasteiger partial charge in [0.15, 0.2) is 5.78 Å². The van der Waals surface area contributed by atoms with E-state index in [9.17, 15) is 4.79 Å². The maximum Gasteiger partial charge on any atom is 0.175 e. The van der Waals surface area contributed by atoms with E-state index in [1.807, 2.05) is 20.8 Å². The number of Topliss-reactive ketones (excluding diaryl/α,β-unsaturated/α-hetero) is 1. The van der Waals surface area contributed by atoms with Crippen molar-refractivity contribution in [1.29, 1.82) is 0 Å². The molecule has 2 heteroatoms. The van der Waals surface area contributed by atoms with Crippen molar-refractivity contribution in [2.24, 2.45) is 5.41 Å². The lowest BCUT2D eigenvalue weighted by Crippen LogP contribution is -2.26. The number of benzene rings is 1. The summed E-state index contributed by atoms with van der Waals surface area (Å²) in [5, 5.41) is 0. The third-order valence-electron chi connectivity index (χ3n) is 3.50. The standard InChI is InChI=1S/C18H28O2/c1-12(2)14-9-8-10-15(13(3)4)17(14)20-11-16(19)18(5,6)7/h8-10,12-13H,11H2,1-7H3. The summed E-state index contributed by atoms with van der Waals surface area (Å²) in [6.07, 6.45) is 0. The Labute approximate surface area is 123 Å². The number of ether oxygens (including phenoxy) is 1. The Morgan fingerprint density at radius 3 is 1.85 bits per heavy atom. The Morgan fingerprint density at radius 1 is 1.05 bits per heavy atom. The lowest BCUT2D eigenvalue weighted by molar-refractivity contribution is -0.128. The van der Waals surface area contributed by atoms with Crippen molar-refractivity contribution in [3.8, 4) is 5.75 Å². The van der Waals surface area contributed by atoms with Crippen LogP contribution in [-0.4, -0.2) is 12.4 Å². The number of hydrogen-bond acceptors (Lipinski definition) is 2. The van der Waals surface area contributed by atoms with E-state index in [1.165, 1.54) is 11.1 Å². The molecule has 0 atom stereocenters. The Morgan fingerprint density at radius 2 is 1.50 bits per heavy atom. The zero-order chi connectivity index (χ0) is 15.5. The molecule has 0 saturated carbocycles. The lowest BCUT2D eigenvalue weighted by Gasteiger charge is -2.22. The molecule has 0 radical (unpaired) electrons. The van der Waals surface area contributed by atoms with Crippen molar-refractivity contribution >= 4 is 5.78 Å². The molecule has 0 aromatic heterocycles. The molecule has 0 fully saturated rings. The van der Waals surface area contributed by atoms with Crippen LogP contribution in [0.1, 0.15) is 71.4 Å². The molecule has 0 spiro atoms. The van der Waals surface area contributed by atoms with Crippen molar-refractivity contribution in [2.75, 3.05) is 6.61 Å². The minimum Gasteiger partial charge on any atom is -0.485 e. The van der Waals surface area contributed by atoms with Crippen molar-refractivity contribution in [1.82, 2.24) is 0 Å². The van der Waals surface area contributed by atoms with Crippen LogP contribution in [0.25, 0.3) is 0 Å². The lowest BCUT2D eigenvalue weighted by atomic mass is 9.91. The topological polar surface area (TPSA) is 26.3 Å². The van der Waals surface area contributed by atoms with Crippen LogP contribution in [0.3, 0.4) is 0 Å². The number of carbonyl (C=O) groups is 1. The molecule has 0 aliphatic carbocycles. The van der Waals surface area contributed by atoms with Gasteiger partial charge in [0, 0.05) is 5.41 Å². The fourth-order valence-corrected chi connectivity index (χ4v) is 2.00. The van der Waals surface area contributed by atoms with Gasteiger partial charge >= 0.3 is 0 Å². The highest BCUT2D eigenvalue weighted by Crippen LogP contribution is 2.34. The third kappa shape index (κ3) is 4.09. The molecule has 0 bridgehead atoms. The van der Waals surface area contributed by atoms with E-state index in [2.05, 4.69) is 45.9 Å². The highest BCUT2D eigenvalue weighted by molar-refractivity contribution is 5.85. The summed E-state index contributed by atoms with van der Waals surface area (Å²) in [5.74, 6) is 1.79. The normalized spacial score (nSPS) is 12.1. The first-order valence-corrected chi connectivity index (χ1v) is 7.43. The molecule has 1 aromatic rings. The quantitative estimate of drug-likeness (QED) is 0.762. The molecule has 0 aliphatic rings. The predicted molar refractivity (Wildman–Crippen MR) is 84.6 cm³/mol. The molecular weight excluding hydrogens is 248 g/mol. The van der Waals surface area contributed by atoms with Gasteiger partial charge in [0.1, 0.15) is 12.4 Å². The van der Waals surface area contributed by atoms with Crippen LogP contribution in [0, 0.1) is 5.41 Å². The fraction of sp³-hybridized carbons (Fsp3) is 0.611.